The maximum atomic E-state index is 5.97. The minimum atomic E-state index is 0.343. The fraction of sp³-hybridized carbons (Fsp3) is 0.938. The molecule has 21 heavy (non-hydrogen) atoms. The monoisotopic (exact) mass is 296 g/mol. The van der Waals surface area contributed by atoms with Gasteiger partial charge in [0.15, 0.2) is 5.96 Å². The molecule has 0 amide bonds. The van der Waals surface area contributed by atoms with E-state index in [1.54, 1.807) is 0 Å². The first kappa shape index (κ1) is 16.6. The van der Waals surface area contributed by atoms with Gasteiger partial charge in [0.2, 0.25) is 0 Å². The highest BCUT2D eigenvalue weighted by molar-refractivity contribution is 5.78. The molecule has 0 bridgehead atoms. The Kier molecular flexibility index (Phi) is 6.77. The first-order valence-corrected chi connectivity index (χ1v) is 8.57. The van der Waals surface area contributed by atoms with Crippen LogP contribution < -0.4 is 11.1 Å². The van der Waals surface area contributed by atoms with Crippen LogP contribution in [0.5, 0.6) is 0 Å². The van der Waals surface area contributed by atoms with E-state index in [2.05, 4.69) is 29.1 Å². The van der Waals surface area contributed by atoms with Gasteiger partial charge in [-0.25, -0.2) is 0 Å². The highest BCUT2D eigenvalue weighted by atomic mass is 16.5. The van der Waals surface area contributed by atoms with Gasteiger partial charge >= 0.3 is 0 Å². The molecule has 0 aromatic carbocycles. The van der Waals surface area contributed by atoms with Crippen molar-refractivity contribution >= 4 is 5.96 Å². The second-order valence-electron chi connectivity index (χ2n) is 6.62. The Labute approximate surface area is 129 Å². The van der Waals surface area contributed by atoms with E-state index in [1.807, 2.05) is 0 Å². The summed E-state index contributed by atoms with van der Waals surface area (Å²) >= 11 is 0. The predicted octanol–water partition coefficient (Wildman–Crippen LogP) is 1.72. The van der Waals surface area contributed by atoms with E-state index in [0.29, 0.717) is 24.2 Å². The number of morpholine rings is 1. The van der Waals surface area contributed by atoms with Crippen molar-refractivity contribution in [3.05, 3.63) is 0 Å². The summed E-state index contributed by atoms with van der Waals surface area (Å²) in [7, 11) is 0. The maximum absolute atomic E-state index is 5.97. The molecule has 3 N–H and O–H groups in total. The van der Waals surface area contributed by atoms with Gasteiger partial charge in [0.1, 0.15) is 0 Å². The summed E-state index contributed by atoms with van der Waals surface area (Å²) in [6.45, 7) is 8.25. The lowest BCUT2D eigenvalue weighted by molar-refractivity contribution is -0.0679. The molecule has 2 atom stereocenters. The van der Waals surface area contributed by atoms with Crippen LogP contribution in [0.2, 0.25) is 0 Å². The van der Waals surface area contributed by atoms with Crippen LogP contribution in [-0.2, 0) is 4.74 Å². The summed E-state index contributed by atoms with van der Waals surface area (Å²) in [6.07, 6.45) is 8.22. The molecular formula is C16H32N4O. The van der Waals surface area contributed by atoms with Gasteiger partial charge in [-0.3, -0.25) is 9.89 Å². The van der Waals surface area contributed by atoms with Gasteiger partial charge in [-0.15, -0.1) is 0 Å². The molecule has 1 saturated carbocycles. The number of guanidine groups is 1. The van der Waals surface area contributed by atoms with Crippen molar-refractivity contribution in [1.82, 2.24) is 10.2 Å². The smallest absolute Gasteiger partial charge is 0.188 e. The van der Waals surface area contributed by atoms with Crippen LogP contribution in [0.15, 0.2) is 4.99 Å². The predicted molar refractivity (Wildman–Crippen MR) is 87.6 cm³/mol. The Morgan fingerprint density at radius 1 is 1.19 bits per heavy atom. The molecule has 1 heterocycles. The van der Waals surface area contributed by atoms with Crippen LogP contribution in [0, 0.1) is 0 Å². The van der Waals surface area contributed by atoms with E-state index < -0.39 is 0 Å². The third kappa shape index (κ3) is 6.22. The van der Waals surface area contributed by atoms with Crippen LogP contribution in [0.25, 0.3) is 0 Å². The summed E-state index contributed by atoms with van der Waals surface area (Å²) in [5.74, 6) is 0.630. The van der Waals surface area contributed by atoms with Crippen molar-refractivity contribution in [3.8, 4) is 0 Å². The Balaban J connectivity index is 1.60. The molecule has 0 radical (unpaired) electrons. The third-order valence-electron chi connectivity index (χ3n) is 4.37. The highest BCUT2D eigenvalue weighted by Crippen LogP contribution is 2.17. The molecule has 1 saturated heterocycles. The molecule has 2 fully saturated rings. The fourth-order valence-electron chi connectivity index (χ4n) is 3.46. The quantitative estimate of drug-likeness (QED) is 0.461. The standard InChI is InChI=1S/C16H32N4O/c1-13-11-20(12-14(2)21-13)10-6-9-18-16(17)19-15-7-4-3-5-8-15/h13-15H,3-12H2,1-2H3,(H3,17,18,19). The van der Waals surface area contributed by atoms with Crippen molar-refractivity contribution in [1.29, 1.82) is 0 Å². The average Bonchev–Trinajstić information content (AvgIpc) is 2.44. The number of rotatable bonds is 5. The molecule has 0 spiro atoms. The lowest BCUT2D eigenvalue weighted by atomic mass is 9.96. The van der Waals surface area contributed by atoms with Gasteiger partial charge in [-0.2, -0.15) is 0 Å². The number of hydrogen-bond donors (Lipinski definition) is 2. The summed E-state index contributed by atoms with van der Waals surface area (Å²) in [4.78, 5) is 6.94. The normalized spacial score (nSPS) is 29.5. The van der Waals surface area contributed by atoms with E-state index in [9.17, 15) is 0 Å². The van der Waals surface area contributed by atoms with Gasteiger partial charge in [0.05, 0.1) is 12.2 Å². The molecule has 122 valence electrons. The molecule has 2 aliphatic rings. The Bertz CT molecular complexity index is 318. The highest BCUT2D eigenvalue weighted by Gasteiger charge is 2.21. The van der Waals surface area contributed by atoms with Crippen LogP contribution in [0.3, 0.4) is 0 Å². The largest absolute Gasteiger partial charge is 0.373 e. The molecular weight excluding hydrogens is 264 g/mol. The van der Waals surface area contributed by atoms with E-state index in [0.717, 1.165) is 32.6 Å². The number of nitrogens with one attached hydrogen (secondary N) is 1. The number of nitrogens with zero attached hydrogens (tertiary/aromatic N) is 2. The van der Waals surface area contributed by atoms with E-state index >= 15 is 0 Å². The number of aliphatic imine (C=N–C) groups is 1. The fourth-order valence-corrected chi connectivity index (χ4v) is 3.46. The molecule has 5 heteroatoms. The van der Waals surface area contributed by atoms with Crippen LogP contribution in [-0.4, -0.2) is 55.3 Å². The number of hydrogen-bond acceptors (Lipinski definition) is 3. The molecule has 2 rings (SSSR count). The SMILES string of the molecule is CC1CN(CCCN=C(N)NC2CCCCC2)CC(C)O1. The van der Waals surface area contributed by atoms with E-state index in [1.165, 1.54) is 32.1 Å². The van der Waals surface area contributed by atoms with E-state index in [4.69, 9.17) is 10.5 Å². The first-order valence-electron chi connectivity index (χ1n) is 8.57. The minimum Gasteiger partial charge on any atom is -0.373 e. The second-order valence-corrected chi connectivity index (χ2v) is 6.62. The molecule has 1 aliphatic carbocycles. The summed E-state index contributed by atoms with van der Waals surface area (Å²) in [6, 6.07) is 0.545. The van der Waals surface area contributed by atoms with Gasteiger partial charge in [0.25, 0.3) is 0 Å². The Hall–Kier alpha value is -0.810. The molecule has 5 nitrogen and oxygen atoms in total. The van der Waals surface area contributed by atoms with Crippen LogP contribution >= 0.6 is 0 Å². The Morgan fingerprint density at radius 3 is 2.52 bits per heavy atom. The summed E-state index contributed by atoms with van der Waals surface area (Å²) in [5.41, 5.74) is 5.97. The van der Waals surface area contributed by atoms with Crippen molar-refractivity contribution in [2.45, 2.75) is 70.6 Å². The van der Waals surface area contributed by atoms with Crippen molar-refractivity contribution in [2.24, 2.45) is 10.7 Å². The molecule has 0 aromatic rings. The maximum Gasteiger partial charge on any atom is 0.188 e. The summed E-state index contributed by atoms with van der Waals surface area (Å²) < 4.78 is 5.75. The third-order valence-corrected chi connectivity index (χ3v) is 4.37. The number of nitrogens with two attached hydrogens (primary N) is 1. The van der Waals surface area contributed by atoms with Gasteiger partial charge < -0.3 is 15.8 Å². The van der Waals surface area contributed by atoms with E-state index in [-0.39, 0.29) is 0 Å². The van der Waals surface area contributed by atoms with Gasteiger partial charge in [0, 0.05) is 32.2 Å². The second kappa shape index (κ2) is 8.59. The lowest BCUT2D eigenvalue weighted by Crippen LogP contribution is -2.45. The zero-order chi connectivity index (χ0) is 15.1. The molecule has 2 unspecified atom stereocenters. The first-order chi connectivity index (χ1) is 10.1. The zero-order valence-corrected chi connectivity index (χ0v) is 13.7. The molecule has 1 aliphatic heterocycles. The minimum absolute atomic E-state index is 0.343. The summed E-state index contributed by atoms with van der Waals surface area (Å²) in [5, 5.41) is 3.37. The average molecular weight is 296 g/mol. The van der Waals surface area contributed by atoms with Crippen molar-refractivity contribution in [2.75, 3.05) is 26.2 Å². The zero-order valence-electron chi connectivity index (χ0n) is 13.7. The Morgan fingerprint density at radius 2 is 1.86 bits per heavy atom. The van der Waals surface area contributed by atoms with Crippen LogP contribution in [0.4, 0.5) is 0 Å². The molecule has 0 aromatic heterocycles. The topological polar surface area (TPSA) is 62.9 Å². The van der Waals surface area contributed by atoms with Crippen molar-refractivity contribution < 1.29 is 4.74 Å². The van der Waals surface area contributed by atoms with Gasteiger partial charge in [-0.05, 0) is 33.1 Å². The van der Waals surface area contributed by atoms with Gasteiger partial charge in [-0.1, -0.05) is 19.3 Å². The lowest BCUT2D eigenvalue weighted by Gasteiger charge is -2.35. The van der Waals surface area contributed by atoms with Crippen molar-refractivity contribution in [3.63, 3.8) is 0 Å². The number of ether oxygens (including phenoxy) is 1. The van der Waals surface area contributed by atoms with Crippen LogP contribution in [0.1, 0.15) is 52.4 Å².